The molecular weight excluding hydrogens is 242 g/mol. The minimum Gasteiger partial charge on any atom is -0.395 e. The van der Waals surface area contributed by atoms with E-state index in [1.54, 1.807) is 0 Å². The van der Waals surface area contributed by atoms with Gasteiger partial charge < -0.3 is 5.11 Å². The number of nitrogens with zero attached hydrogens (tertiary/aromatic N) is 2. The Hall–Kier alpha value is -0.210. The molecule has 0 bridgehead atoms. The highest BCUT2D eigenvalue weighted by Crippen LogP contribution is 2.09. The topological polar surface area (TPSA) is 72.9 Å². The fourth-order valence-corrected chi connectivity index (χ4v) is 3.33. The molecule has 6 nitrogen and oxygen atoms in total. The van der Waals surface area contributed by atoms with Crippen molar-refractivity contribution in [1.82, 2.24) is 13.9 Å². The summed E-state index contributed by atoms with van der Waals surface area (Å²) in [4.78, 5) is 2.06. The summed E-state index contributed by atoms with van der Waals surface area (Å²) in [6.07, 6.45) is 0. The summed E-state index contributed by atoms with van der Waals surface area (Å²) in [5.74, 6) is 0. The van der Waals surface area contributed by atoms with Crippen molar-refractivity contribution in [2.75, 3.05) is 39.3 Å². The molecule has 7 heteroatoms. The quantitative estimate of drug-likeness (QED) is 0.700. The fraction of sp³-hybridized carbons (Fsp3) is 1.00. The van der Waals surface area contributed by atoms with Crippen molar-refractivity contribution in [3.05, 3.63) is 0 Å². The van der Waals surface area contributed by atoms with E-state index in [2.05, 4.69) is 9.62 Å². The van der Waals surface area contributed by atoms with Crippen LogP contribution in [0, 0.1) is 0 Å². The van der Waals surface area contributed by atoms with E-state index >= 15 is 0 Å². The SMILES string of the molecule is CC(C)(C)NS(=O)(=O)N1CCN(CCO)CC1. The van der Waals surface area contributed by atoms with Gasteiger partial charge in [0.1, 0.15) is 0 Å². The molecule has 17 heavy (non-hydrogen) atoms. The Bertz CT molecular complexity index is 329. The van der Waals surface area contributed by atoms with Crippen LogP contribution in [0.4, 0.5) is 0 Å². The van der Waals surface area contributed by atoms with E-state index in [1.807, 2.05) is 20.8 Å². The van der Waals surface area contributed by atoms with Crippen LogP contribution in [0.2, 0.25) is 0 Å². The van der Waals surface area contributed by atoms with Gasteiger partial charge in [-0.2, -0.15) is 17.4 Å². The number of piperazine rings is 1. The van der Waals surface area contributed by atoms with Crippen LogP contribution < -0.4 is 4.72 Å². The maximum absolute atomic E-state index is 12.0. The minimum atomic E-state index is -3.39. The number of hydrogen-bond acceptors (Lipinski definition) is 4. The van der Waals surface area contributed by atoms with E-state index in [1.165, 1.54) is 4.31 Å². The molecule has 0 aromatic carbocycles. The number of aliphatic hydroxyl groups excluding tert-OH is 1. The van der Waals surface area contributed by atoms with Gasteiger partial charge >= 0.3 is 0 Å². The summed E-state index contributed by atoms with van der Waals surface area (Å²) >= 11 is 0. The molecule has 0 radical (unpaired) electrons. The van der Waals surface area contributed by atoms with Crippen LogP contribution in [0.5, 0.6) is 0 Å². The third kappa shape index (κ3) is 4.89. The lowest BCUT2D eigenvalue weighted by atomic mass is 10.1. The van der Waals surface area contributed by atoms with E-state index < -0.39 is 15.7 Å². The van der Waals surface area contributed by atoms with Gasteiger partial charge in [0.05, 0.1) is 6.61 Å². The molecule has 0 amide bonds. The molecular formula is C10H23N3O3S. The molecule has 0 aromatic rings. The van der Waals surface area contributed by atoms with Gasteiger partial charge in [0, 0.05) is 38.3 Å². The second kappa shape index (κ2) is 5.62. The molecule has 1 aliphatic heterocycles. The first-order valence-electron chi connectivity index (χ1n) is 5.87. The van der Waals surface area contributed by atoms with Gasteiger partial charge in [-0.1, -0.05) is 0 Å². The van der Waals surface area contributed by atoms with Gasteiger partial charge in [0.15, 0.2) is 0 Å². The number of aliphatic hydroxyl groups is 1. The Labute approximate surface area is 104 Å². The van der Waals surface area contributed by atoms with Crippen molar-refractivity contribution in [3.63, 3.8) is 0 Å². The van der Waals surface area contributed by atoms with Crippen LogP contribution >= 0.6 is 0 Å². The average molecular weight is 265 g/mol. The third-order valence-corrected chi connectivity index (χ3v) is 4.44. The highest BCUT2D eigenvalue weighted by Gasteiger charge is 2.29. The standard InChI is InChI=1S/C10H23N3O3S/c1-10(2,3)11-17(15,16)13-6-4-12(5-7-13)8-9-14/h11,14H,4-9H2,1-3H3. The van der Waals surface area contributed by atoms with Gasteiger partial charge in [-0.15, -0.1) is 0 Å². The van der Waals surface area contributed by atoms with Gasteiger partial charge in [0.2, 0.25) is 0 Å². The highest BCUT2D eigenvalue weighted by atomic mass is 32.2. The number of β-amino-alcohol motifs (C(OH)–C–C–N with tert-alkyl or cyclic N) is 1. The first-order chi connectivity index (χ1) is 7.74. The first kappa shape index (κ1) is 14.8. The zero-order chi connectivity index (χ0) is 13.1. The van der Waals surface area contributed by atoms with Crippen LogP contribution in [0.25, 0.3) is 0 Å². The molecule has 0 aromatic heterocycles. The van der Waals surface area contributed by atoms with Crippen molar-refractivity contribution in [3.8, 4) is 0 Å². The molecule has 1 saturated heterocycles. The van der Waals surface area contributed by atoms with Crippen molar-refractivity contribution in [1.29, 1.82) is 0 Å². The highest BCUT2D eigenvalue weighted by molar-refractivity contribution is 7.87. The maximum Gasteiger partial charge on any atom is 0.280 e. The smallest absolute Gasteiger partial charge is 0.280 e. The second-order valence-corrected chi connectivity index (χ2v) is 6.99. The molecule has 0 aliphatic carbocycles. The average Bonchev–Trinajstić information content (AvgIpc) is 2.15. The van der Waals surface area contributed by atoms with E-state index in [-0.39, 0.29) is 6.61 Å². The molecule has 102 valence electrons. The van der Waals surface area contributed by atoms with Crippen molar-refractivity contribution in [2.45, 2.75) is 26.3 Å². The summed E-state index contributed by atoms with van der Waals surface area (Å²) in [7, 11) is -3.39. The summed E-state index contributed by atoms with van der Waals surface area (Å²) in [5, 5.41) is 8.81. The van der Waals surface area contributed by atoms with Crippen LogP contribution in [0.1, 0.15) is 20.8 Å². The van der Waals surface area contributed by atoms with Crippen LogP contribution in [-0.2, 0) is 10.2 Å². The van der Waals surface area contributed by atoms with Gasteiger partial charge in [-0.3, -0.25) is 4.90 Å². The first-order valence-corrected chi connectivity index (χ1v) is 7.31. The van der Waals surface area contributed by atoms with Crippen molar-refractivity contribution >= 4 is 10.2 Å². The lowest BCUT2D eigenvalue weighted by Gasteiger charge is -2.35. The Balaban J connectivity index is 2.53. The summed E-state index contributed by atoms with van der Waals surface area (Å²) < 4.78 is 28.1. The third-order valence-electron chi connectivity index (χ3n) is 2.52. The predicted octanol–water partition coefficient (Wildman–Crippen LogP) is -0.771. The molecule has 1 heterocycles. The Kier molecular flexibility index (Phi) is 4.91. The normalized spacial score (nSPS) is 20.7. The molecule has 0 atom stereocenters. The minimum absolute atomic E-state index is 0.118. The van der Waals surface area contributed by atoms with Crippen LogP contribution in [0.3, 0.4) is 0 Å². The summed E-state index contributed by atoms with van der Waals surface area (Å²) in [6, 6.07) is 0. The van der Waals surface area contributed by atoms with E-state index in [9.17, 15) is 8.42 Å². The van der Waals surface area contributed by atoms with Gasteiger partial charge in [-0.05, 0) is 20.8 Å². The Morgan fingerprint density at radius 1 is 1.18 bits per heavy atom. The molecule has 0 spiro atoms. The molecule has 0 unspecified atom stereocenters. The Morgan fingerprint density at radius 2 is 1.71 bits per heavy atom. The van der Waals surface area contributed by atoms with Crippen LogP contribution in [-0.4, -0.2) is 67.6 Å². The molecule has 2 N–H and O–H groups in total. The maximum atomic E-state index is 12.0. The number of nitrogens with one attached hydrogen (secondary N) is 1. The summed E-state index contributed by atoms with van der Waals surface area (Å²) in [5.41, 5.74) is -0.457. The van der Waals surface area contributed by atoms with Crippen molar-refractivity contribution in [2.24, 2.45) is 0 Å². The number of rotatable bonds is 4. The van der Waals surface area contributed by atoms with E-state index in [4.69, 9.17) is 5.11 Å². The van der Waals surface area contributed by atoms with Crippen molar-refractivity contribution < 1.29 is 13.5 Å². The van der Waals surface area contributed by atoms with E-state index in [0.717, 1.165) is 0 Å². The largest absolute Gasteiger partial charge is 0.395 e. The zero-order valence-electron chi connectivity index (χ0n) is 10.8. The summed E-state index contributed by atoms with van der Waals surface area (Å²) in [6.45, 7) is 8.51. The van der Waals surface area contributed by atoms with Gasteiger partial charge in [-0.25, -0.2) is 0 Å². The van der Waals surface area contributed by atoms with Crippen LogP contribution in [0.15, 0.2) is 0 Å². The predicted molar refractivity (Wildman–Crippen MR) is 66.9 cm³/mol. The lowest BCUT2D eigenvalue weighted by Crippen LogP contribution is -2.55. The van der Waals surface area contributed by atoms with Gasteiger partial charge in [0.25, 0.3) is 10.2 Å². The zero-order valence-corrected chi connectivity index (χ0v) is 11.6. The Morgan fingerprint density at radius 3 is 2.12 bits per heavy atom. The molecule has 1 rings (SSSR count). The second-order valence-electron chi connectivity index (χ2n) is 5.32. The molecule has 0 saturated carbocycles. The lowest BCUT2D eigenvalue weighted by molar-refractivity contribution is 0.150. The molecule has 1 fully saturated rings. The molecule has 1 aliphatic rings. The van der Waals surface area contributed by atoms with E-state index in [0.29, 0.717) is 32.7 Å². The monoisotopic (exact) mass is 265 g/mol. The number of hydrogen-bond donors (Lipinski definition) is 2. The fourth-order valence-electron chi connectivity index (χ4n) is 1.79.